The maximum Gasteiger partial charge on any atom is 0.253 e. The standard InChI is InChI=1S/C23H28ClN5OS/c1-4-19-7-5-6-12-28(19)21(30)14-31-23-26-22-25-15(2)20(16(3)29(22)27-23)13-17-8-10-18(24)11-9-17/h8-11,19H,4-7,12-14H2,1-3H3/t19-/m0/s1. The molecule has 4 rings (SSSR count). The summed E-state index contributed by atoms with van der Waals surface area (Å²) in [4.78, 5) is 24.1. The molecular weight excluding hydrogens is 430 g/mol. The number of fused-ring (bicyclic) bond motifs is 1. The highest BCUT2D eigenvalue weighted by molar-refractivity contribution is 7.99. The Hall–Kier alpha value is -2.12. The third kappa shape index (κ3) is 4.88. The fraction of sp³-hybridized carbons (Fsp3) is 0.478. The molecule has 1 aliphatic rings. The van der Waals surface area contributed by atoms with Crippen LogP contribution in [0.4, 0.5) is 0 Å². The minimum atomic E-state index is 0.180. The number of likely N-dealkylation sites (tertiary alicyclic amines) is 1. The van der Waals surface area contributed by atoms with Gasteiger partial charge in [-0.15, -0.1) is 5.10 Å². The van der Waals surface area contributed by atoms with E-state index in [1.165, 1.54) is 23.7 Å². The highest BCUT2D eigenvalue weighted by atomic mass is 35.5. The molecule has 8 heteroatoms. The van der Waals surface area contributed by atoms with Gasteiger partial charge in [-0.05, 0) is 62.8 Å². The van der Waals surface area contributed by atoms with E-state index >= 15 is 0 Å². The molecule has 1 saturated heterocycles. The van der Waals surface area contributed by atoms with Crippen LogP contribution in [0.1, 0.15) is 55.1 Å². The summed E-state index contributed by atoms with van der Waals surface area (Å²) in [6.45, 7) is 7.07. The Balaban J connectivity index is 1.50. The number of aryl methyl sites for hydroxylation is 2. The Morgan fingerprint density at radius 2 is 1.97 bits per heavy atom. The van der Waals surface area contributed by atoms with Crippen LogP contribution in [0, 0.1) is 13.8 Å². The van der Waals surface area contributed by atoms with Crippen LogP contribution in [0.25, 0.3) is 5.78 Å². The highest BCUT2D eigenvalue weighted by Crippen LogP contribution is 2.24. The van der Waals surface area contributed by atoms with Gasteiger partial charge in [0.25, 0.3) is 5.78 Å². The van der Waals surface area contributed by atoms with Crippen molar-refractivity contribution < 1.29 is 4.79 Å². The van der Waals surface area contributed by atoms with E-state index < -0.39 is 0 Å². The molecule has 3 heterocycles. The quantitative estimate of drug-likeness (QED) is 0.494. The van der Waals surface area contributed by atoms with Gasteiger partial charge in [0.1, 0.15) is 0 Å². The Bertz CT molecular complexity index is 1080. The summed E-state index contributed by atoms with van der Waals surface area (Å²) in [6.07, 6.45) is 5.19. The summed E-state index contributed by atoms with van der Waals surface area (Å²) in [6, 6.07) is 8.24. The van der Waals surface area contributed by atoms with Crippen LogP contribution in [0.15, 0.2) is 29.4 Å². The van der Waals surface area contributed by atoms with Gasteiger partial charge in [-0.2, -0.15) is 4.98 Å². The number of rotatable bonds is 6. The molecular formula is C23H28ClN5OS. The first-order chi connectivity index (χ1) is 15.0. The topological polar surface area (TPSA) is 63.4 Å². The zero-order valence-electron chi connectivity index (χ0n) is 18.3. The highest BCUT2D eigenvalue weighted by Gasteiger charge is 2.25. The third-order valence-electron chi connectivity index (χ3n) is 6.07. The number of aromatic nitrogens is 4. The molecule has 1 amide bonds. The minimum absolute atomic E-state index is 0.180. The second kappa shape index (κ2) is 9.57. The van der Waals surface area contributed by atoms with Crippen LogP contribution in [0.2, 0.25) is 5.02 Å². The van der Waals surface area contributed by atoms with Crippen molar-refractivity contribution >= 4 is 35.0 Å². The molecule has 164 valence electrons. The fourth-order valence-corrected chi connectivity index (χ4v) is 5.11. The number of nitrogens with zero attached hydrogens (tertiary/aromatic N) is 5. The van der Waals surface area contributed by atoms with Crippen LogP contribution in [0.5, 0.6) is 0 Å². The summed E-state index contributed by atoms with van der Waals surface area (Å²) in [7, 11) is 0. The lowest BCUT2D eigenvalue weighted by molar-refractivity contribution is -0.132. The van der Waals surface area contributed by atoms with Gasteiger partial charge in [0, 0.05) is 35.4 Å². The molecule has 0 bridgehead atoms. The summed E-state index contributed by atoms with van der Waals surface area (Å²) in [5.74, 6) is 1.12. The van der Waals surface area contributed by atoms with Gasteiger partial charge >= 0.3 is 0 Å². The smallest absolute Gasteiger partial charge is 0.253 e. The molecule has 0 N–H and O–H groups in total. The van der Waals surface area contributed by atoms with E-state index in [1.54, 1.807) is 4.52 Å². The average molecular weight is 458 g/mol. The summed E-state index contributed by atoms with van der Waals surface area (Å²) in [5.41, 5.74) is 4.26. The van der Waals surface area contributed by atoms with Crippen molar-refractivity contribution in [2.75, 3.05) is 12.3 Å². The first kappa shape index (κ1) is 22.1. The lowest BCUT2D eigenvalue weighted by Gasteiger charge is -2.35. The predicted octanol–water partition coefficient (Wildman–Crippen LogP) is 4.87. The molecule has 6 nitrogen and oxygen atoms in total. The molecule has 3 aromatic rings. The van der Waals surface area contributed by atoms with Crippen LogP contribution >= 0.6 is 23.4 Å². The maximum absolute atomic E-state index is 12.8. The maximum atomic E-state index is 12.8. The minimum Gasteiger partial charge on any atom is -0.339 e. The molecule has 1 atom stereocenters. The average Bonchev–Trinajstić information content (AvgIpc) is 3.19. The summed E-state index contributed by atoms with van der Waals surface area (Å²) in [5, 5.41) is 5.96. The molecule has 2 aromatic heterocycles. The largest absolute Gasteiger partial charge is 0.339 e. The molecule has 1 fully saturated rings. The second-order valence-corrected chi connectivity index (χ2v) is 9.48. The zero-order chi connectivity index (χ0) is 22.0. The Labute approximate surface area is 192 Å². The number of halogens is 1. The molecule has 0 saturated carbocycles. The van der Waals surface area contributed by atoms with Crippen LogP contribution in [0.3, 0.4) is 0 Å². The Morgan fingerprint density at radius 1 is 1.19 bits per heavy atom. The molecule has 1 aliphatic heterocycles. The molecule has 1 aromatic carbocycles. The van der Waals surface area contributed by atoms with Crippen molar-refractivity contribution in [1.29, 1.82) is 0 Å². The zero-order valence-corrected chi connectivity index (χ0v) is 19.8. The van der Waals surface area contributed by atoms with Crippen LogP contribution < -0.4 is 0 Å². The van der Waals surface area contributed by atoms with Crippen LogP contribution in [-0.4, -0.2) is 48.7 Å². The van der Waals surface area contributed by atoms with Gasteiger partial charge in [-0.1, -0.05) is 42.4 Å². The van der Waals surface area contributed by atoms with E-state index in [-0.39, 0.29) is 5.91 Å². The van der Waals surface area contributed by atoms with Gasteiger partial charge in [0.15, 0.2) is 0 Å². The summed E-state index contributed by atoms with van der Waals surface area (Å²) >= 11 is 7.41. The van der Waals surface area contributed by atoms with E-state index in [0.717, 1.165) is 54.2 Å². The Morgan fingerprint density at radius 3 is 2.71 bits per heavy atom. The number of benzene rings is 1. The number of amides is 1. The fourth-order valence-electron chi connectivity index (χ4n) is 4.28. The van der Waals surface area contributed by atoms with E-state index in [2.05, 4.69) is 22.0 Å². The molecule has 0 spiro atoms. The van der Waals surface area contributed by atoms with E-state index in [0.29, 0.717) is 22.7 Å². The number of carbonyl (C=O) groups is 1. The predicted molar refractivity (Wildman–Crippen MR) is 125 cm³/mol. The van der Waals surface area contributed by atoms with E-state index in [9.17, 15) is 4.79 Å². The SMILES string of the molecule is CC[C@H]1CCCCN1C(=O)CSc1nc2nc(C)c(Cc3ccc(Cl)cc3)c(C)n2n1. The van der Waals surface area contributed by atoms with Crippen molar-refractivity contribution in [3.63, 3.8) is 0 Å². The molecule has 0 aliphatic carbocycles. The number of thioether (sulfide) groups is 1. The van der Waals surface area contributed by atoms with Crippen molar-refractivity contribution in [3.05, 3.63) is 51.8 Å². The Kier molecular flexibility index (Phi) is 6.82. The number of hydrogen-bond acceptors (Lipinski definition) is 5. The van der Waals surface area contributed by atoms with Crippen LogP contribution in [-0.2, 0) is 11.2 Å². The van der Waals surface area contributed by atoms with E-state index in [1.807, 2.05) is 43.0 Å². The molecule has 0 radical (unpaired) electrons. The number of carbonyl (C=O) groups excluding carboxylic acids is 1. The van der Waals surface area contributed by atoms with Crippen molar-refractivity contribution in [2.24, 2.45) is 0 Å². The monoisotopic (exact) mass is 457 g/mol. The number of piperidine rings is 1. The lowest BCUT2D eigenvalue weighted by atomic mass is 10.0. The van der Waals surface area contributed by atoms with Crippen molar-refractivity contribution in [3.8, 4) is 0 Å². The summed E-state index contributed by atoms with van der Waals surface area (Å²) < 4.78 is 1.79. The second-order valence-electron chi connectivity index (χ2n) is 8.10. The van der Waals surface area contributed by atoms with Gasteiger partial charge in [-0.25, -0.2) is 9.50 Å². The first-order valence-corrected chi connectivity index (χ1v) is 12.2. The normalized spacial score (nSPS) is 16.8. The molecule has 31 heavy (non-hydrogen) atoms. The van der Waals surface area contributed by atoms with Gasteiger partial charge < -0.3 is 4.90 Å². The first-order valence-electron chi connectivity index (χ1n) is 10.9. The van der Waals surface area contributed by atoms with Crippen molar-refractivity contribution in [1.82, 2.24) is 24.5 Å². The molecule has 0 unspecified atom stereocenters. The van der Waals surface area contributed by atoms with Gasteiger partial charge in [0.05, 0.1) is 5.75 Å². The van der Waals surface area contributed by atoms with Crippen molar-refractivity contribution in [2.45, 2.75) is 64.1 Å². The lowest BCUT2D eigenvalue weighted by Crippen LogP contribution is -2.44. The number of hydrogen-bond donors (Lipinski definition) is 0. The van der Waals surface area contributed by atoms with E-state index in [4.69, 9.17) is 11.6 Å². The van der Waals surface area contributed by atoms with Gasteiger partial charge in [0.2, 0.25) is 11.1 Å². The van der Waals surface area contributed by atoms with Gasteiger partial charge in [-0.3, -0.25) is 4.79 Å². The third-order valence-corrected chi connectivity index (χ3v) is 7.14.